The van der Waals surface area contributed by atoms with Crippen LogP contribution in [0.1, 0.15) is 22.3 Å². The average Bonchev–Trinajstić information content (AvgIpc) is 2.71. The van der Waals surface area contributed by atoms with E-state index in [9.17, 15) is 0 Å². The number of hydrogen-bond donors (Lipinski definition) is 0. The average molecular weight is 333 g/mol. The Kier molecular flexibility index (Phi) is 4.57. The van der Waals surface area contributed by atoms with E-state index in [2.05, 4.69) is 116 Å². The molecule has 26 heavy (non-hydrogen) atoms. The third kappa shape index (κ3) is 3.41. The van der Waals surface area contributed by atoms with Crippen LogP contribution in [-0.2, 0) is 0 Å². The number of hydrogen-bond acceptors (Lipinski definition) is 0. The summed E-state index contributed by atoms with van der Waals surface area (Å²) in [5.74, 6) is 1.27. The van der Waals surface area contributed by atoms with E-state index in [4.69, 9.17) is 0 Å². The molecule has 0 heterocycles. The van der Waals surface area contributed by atoms with Crippen LogP contribution in [0.5, 0.6) is 0 Å². The summed E-state index contributed by atoms with van der Waals surface area (Å²) in [7, 11) is 0. The monoisotopic (exact) mass is 333 g/mol. The molecule has 0 unspecified atom stereocenters. The van der Waals surface area contributed by atoms with E-state index >= 15 is 0 Å². The van der Waals surface area contributed by atoms with Gasteiger partial charge in [0.15, 0.2) is 0 Å². The molecule has 0 saturated carbocycles. The van der Waals surface area contributed by atoms with Gasteiger partial charge >= 0.3 is 0 Å². The fourth-order valence-corrected chi connectivity index (χ4v) is 3.28. The molecular formula is C26H21+. The summed E-state index contributed by atoms with van der Waals surface area (Å²) in [5, 5.41) is 0. The number of aryl methyl sites for hydroxylation is 1. The highest BCUT2D eigenvalue weighted by molar-refractivity contribution is 5.66. The topological polar surface area (TPSA) is 0 Å². The Morgan fingerprint density at radius 3 is 1.27 bits per heavy atom. The Morgan fingerprint density at radius 1 is 0.423 bits per heavy atom. The Morgan fingerprint density at radius 2 is 0.808 bits per heavy atom. The van der Waals surface area contributed by atoms with Crippen molar-refractivity contribution in [1.29, 1.82) is 0 Å². The molecule has 0 bridgehead atoms. The highest BCUT2D eigenvalue weighted by Gasteiger charge is 2.22. The highest BCUT2D eigenvalue weighted by atomic mass is 14.2. The molecule has 4 rings (SSSR count). The Balaban J connectivity index is 1.73. The molecule has 0 aliphatic carbocycles. The molecular weight excluding hydrogens is 312 g/mol. The minimum absolute atomic E-state index is 1.23. The third-order valence-corrected chi connectivity index (χ3v) is 4.68. The second-order valence-corrected chi connectivity index (χ2v) is 6.55. The molecule has 0 amide bonds. The Labute approximate surface area is 155 Å². The Bertz CT molecular complexity index is 910. The zero-order chi connectivity index (χ0) is 17.8. The van der Waals surface area contributed by atoms with Crippen LogP contribution in [-0.4, -0.2) is 0 Å². The van der Waals surface area contributed by atoms with Gasteiger partial charge in [-0.2, -0.15) is 0 Å². The van der Waals surface area contributed by atoms with Crippen molar-refractivity contribution in [2.45, 2.75) is 6.92 Å². The largest absolute Gasteiger partial charge is 0.0631 e. The van der Waals surface area contributed by atoms with E-state index in [1.54, 1.807) is 0 Å². The summed E-state index contributed by atoms with van der Waals surface area (Å²) >= 11 is 0. The fourth-order valence-electron chi connectivity index (χ4n) is 3.28. The molecule has 4 aromatic rings. The molecule has 0 N–H and O–H groups in total. The van der Waals surface area contributed by atoms with Gasteiger partial charge in [0.2, 0.25) is 0 Å². The maximum absolute atomic E-state index is 2.23. The highest BCUT2D eigenvalue weighted by Crippen LogP contribution is 2.32. The van der Waals surface area contributed by atoms with Crippen LogP contribution in [0, 0.1) is 12.8 Å². The van der Waals surface area contributed by atoms with Crippen molar-refractivity contribution in [3.8, 4) is 11.1 Å². The van der Waals surface area contributed by atoms with Gasteiger partial charge in [-0.1, -0.05) is 42.0 Å². The lowest BCUT2D eigenvalue weighted by atomic mass is 9.84. The van der Waals surface area contributed by atoms with Gasteiger partial charge in [0.25, 0.3) is 0 Å². The smallest absolute Gasteiger partial charge is 0.0587 e. The SMILES string of the molecule is Cc1ccc(-c2ccc([C+](c3ccccc3)c3ccccc3)cc2)cc1. The standard InChI is InChI=1S/C26H21/c1-20-12-14-21(15-13-20)22-16-18-25(19-17-22)26(23-8-4-2-5-9-23)24-10-6-3-7-11-24/h2-19H,1H3/q+1. The van der Waals surface area contributed by atoms with Crippen molar-refractivity contribution in [2.75, 3.05) is 0 Å². The van der Waals surface area contributed by atoms with Gasteiger partial charge in [-0.15, -0.1) is 0 Å². The van der Waals surface area contributed by atoms with E-state index < -0.39 is 0 Å². The van der Waals surface area contributed by atoms with Gasteiger partial charge in [-0.3, -0.25) is 0 Å². The van der Waals surface area contributed by atoms with Gasteiger partial charge < -0.3 is 0 Å². The molecule has 0 fully saturated rings. The zero-order valence-corrected chi connectivity index (χ0v) is 14.9. The molecule has 124 valence electrons. The first kappa shape index (κ1) is 16.2. The van der Waals surface area contributed by atoms with Crippen LogP contribution < -0.4 is 0 Å². The quantitative estimate of drug-likeness (QED) is 0.288. The predicted octanol–water partition coefficient (Wildman–Crippen LogP) is 6.68. The summed E-state index contributed by atoms with van der Waals surface area (Å²) in [4.78, 5) is 0. The van der Waals surface area contributed by atoms with E-state index in [1.165, 1.54) is 39.3 Å². The second-order valence-electron chi connectivity index (χ2n) is 6.55. The molecule has 0 spiro atoms. The molecule has 0 nitrogen and oxygen atoms in total. The van der Waals surface area contributed by atoms with Crippen molar-refractivity contribution >= 4 is 0 Å². The summed E-state index contributed by atoms with van der Waals surface area (Å²) < 4.78 is 0. The molecule has 0 radical (unpaired) electrons. The van der Waals surface area contributed by atoms with Crippen LogP contribution >= 0.6 is 0 Å². The Hall–Kier alpha value is -3.25. The van der Waals surface area contributed by atoms with Crippen LogP contribution in [0.2, 0.25) is 0 Å². The van der Waals surface area contributed by atoms with E-state index in [1.807, 2.05) is 0 Å². The van der Waals surface area contributed by atoms with Crippen LogP contribution in [0.3, 0.4) is 0 Å². The van der Waals surface area contributed by atoms with E-state index in [0.717, 1.165) is 0 Å². The summed E-state index contributed by atoms with van der Waals surface area (Å²) in [6.45, 7) is 2.12. The first-order chi connectivity index (χ1) is 12.8. The molecule has 0 aliphatic rings. The van der Waals surface area contributed by atoms with Gasteiger partial charge in [-0.25, -0.2) is 0 Å². The third-order valence-electron chi connectivity index (χ3n) is 4.68. The zero-order valence-electron chi connectivity index (χ0n) is 14.9. The van der Waals surface area contributed by atoms with Gasteiger partial charge in [0, 0.05) is 0 Å². The molecule has 0 aliphatic heterocycles. The number of rotatable bonds is 4. The van der Waals surface area contributed by atoms with Crippen molar-refractivity contribution in [3.05, 3.63) is 137 Å². The maximum Gasteiger partial charge on any atom is 0.0631 e. The van der Waals surface area contributed by atoms with Crippen molar-refractivity contribution in [3.63, 3.8) is 0 Å². The molecule has 0 atom stereocenters. The van der Waals surface area contributed by atoms with E-state index in [-0.39, 0.29) is 0 Å². The van der Waals surface area contributed by atoms with Crippen molar-refractivity contribution in [1.82, 2.24) is 0 Å². The van der Waals surface area contributed by atoms with E-state index in [0.29, 0.717) is 0 Å². The van der Waals surface area contributed by atoms with Crippen LogP contribution in [0.15, 0.2) is 109 Å². The lowest BCUT2D eigenvalue weighted by Gasteiger charge is -2.13. The summed E-state index contributed by atoms with van der Waals surface area (Å²) in [6, 6.07) is 38.8. The van der Waals surface area contributed by atoms with Crippen molar-refractivity contribution in [2.24, 2.45) is 0 Å². The lowest BCUT2D eigenvalue weighted by Crippen LogP contribution is -2.04. The first-order valence-electron chi connectivity index (χ1n) is 8.96. The first-order valence-corrected chi connectivity index (χ1v) is 8.96. The maximum atomic E-state index is 2.23. The summed E-state index contributed by atoms with van der Waals surface area (Å²) in [5.41, 5.74) is 7.49. The van der Waals surface area contributed by atoms with Gasteiger partial charge in [0.05, 0.1) is 22.6 Å². The molecule has 0 saturated heterocycles. The minimum atomic E-state index is 1.23. The summed E-state index contributed by atoms with van der Waals surface area (Å²) in [6.07, 6.45) is 0. The predicted molar refractivity (Wildman–Crippen MR) is 110 cm³/mol. The second kappa shape index (κ2) is 7.33. The molecule has 0 heteroatoms. The normalized spacial score (nSPS) is 10.5. The lowest BCUT2D eigenvalue weighted by molar-refractivity contribution is 1.23. The fraction of sp³-hybridized carbons (Fsp3) is 0.0385. The molecule has 4 aromatic carbocycles. The van der Waals surface area contributed by atoms with Gasteiger partial charge in [0.1, 0.15) is 0 Å². The van der Waals surface area contributed by atoms with Gasteiger partial charge in [-0.05, 0) is 90.8 Å². The minimum Gasteiger partial charge on any atom is -0.0587 e. The number of benzene rings is 4. The van der Waals surface area contributed by atoms with Crippen LogP contribution in [0.4, 0.5) is 0 Å². The molecule has 0 aromatic heterocycles. The van der Waals surface area contributed by atoms with Crippen LogP contribution in [0.25, 0.3) is 11.1 Å². The van der Waals surface area contributed by atoms with Crippen molar-refractivity contribution < 1.29 is 0 Å².